The molecule has 0 fully saturated rings. The fraction of sp³-hybridized carbons (Fsp3) is 0.538. The van der Waals surface area contributed by atoms with E-state index in [0.717, 1.165) is 6.42 Å². The summed E-state index contributed by atoms with van der Waals surface area (Å²) in [6.07, 6.45) is 0.719. The number of carbonyl (C=O) groups excluding carboxylic acids is 2. The number of hydrogen-bond acceptors (Lipinski definition) is 5. The summed E-state index contributed by atoms with van der Waals surface area (Å²) in [4.78, 5) is 26.1. The van der Waals surface area contributed by atoms with Gasteiger partial charge in [0.05, 0.1) is 6.54 Å². The lowest BCUT2D eigenvalue weighted by Gasteiger charge is -2.15. The van der Waals surface area contributed by atoms with Gasteiger partial charge in [-0.25, -0.2) is 4.79 Å². The third-order valence-corrected chi connectivity index (χ3v) is 3.34. The summed E-state index contributed by atoms with van der Waals surface area (Å²) >= 11 is 1.64. The number of amides is 3. The Balaban J connectivity index is 2.16. The molecule has 6 nitrogen and oxygen atoms in total. The molecule has 0 unspecified atom stereocenters. The SMILES string of the molecule is COCCCNC(=O)NC(=O)CN(C)Cc1cccs1. The van der Waals surface area contributed by atoms with Gasteiger partial charge in [-0.15, -0.1) is 11.3 Å². The summed E-state index contributed by atoms with van der Waals surface area (Å²) < 4.78 is 4.86. The van der Waals surface area contributed by atoms with Crippen molar-refractivity contribution in [2.24, 2.45) is 0 Å². The van der Waals surface area contributed by atoms with Gasteiger partial charge in [0.1, 0.15) is 0 Å². The number of hydrogen-bond donors (Lipinski definition) is 2. The fourth-order valence-electron chi connectivity index (χ4n) is 1.60. The van der Waals surface area contributed by atoms with Crippen LogP contribution in [0.25, 0.3) is 0 Å². The van der Waals surface area contributed by atoms with Crippen molar-refractivity contribution in [2.45, 2.75) is 13.0 Å². The molecule has 0 aromatic carbocycles. The number of methoxy groups -OCH3 is 1. The molecule has 0 aliphatic rings. The highest BCUT2D eigenvalue weighted by Gasteiger charge is 2.10. The lowest BCUT2D eigenvalue weighted by molar-refractivity contribution is -0.120. The molecule has 2 N–H and O–H groups in total. The molecule has 1 aromatic heterocycles. The number of rotatable bonds is 8. The van der Waals surface area contributed by atoms with Gasteiger partial charge in [-0.1, -0.05) is 6.07 Å². The van der Waals surface area contributed by atoms with Crippen LogP contribution in [0, 0.1) is 0 Å². The van der Waals surface area contributed by atoms with Crippen LogP contribution < -0.4 is 10.6 Å². The minimum Gasteiger partial charge on any atom is -0.385 e. The molecule has 1 heterocycles. The first kappa shape index (κ1) is 16.6. The second-order valence-corrected chi connectivity index (χ2v) is 5.43. The van der Waals surface area contributed by atoms with Crippen molar-refractivity contribution in [3.63, 3.8) is 0 Å². The van der Waals surface area contributed by atoms with Gasteiger partial charge in [0, 0.05) is 31.7 Å². The highest BCUT2D eigenvalue weighted by Crippen LogP contribution is 2.10. The molecule has 112 valence electrons. The van der Waals surface area contributed by atoms with Crippen LogP contribution in [-0.4, -0.2) is 50.7 Å². The monoisotopic (exact) mass is 299 g/mol. The molecule has 20 heavy (non-hydrogen) atoms. The zero-order chi connectivity index (χ0) is 14.8. The fourth-order valence-corrected chi connectivity index (χ4v) is 2.38. The minimum atomic E-state index is -0.462. The van der Waals surface area contributed by atoms with E-state index >= 15 is 0 Å². The number of ether oxygens (including phenoxy) is 1. The normalized spacial score (nSPS) is 10.6. The highest BCUT2D eigenvalue weighted by atomic mass is 32.1. The van der Waals surface area contributed by atoms with E-state index in [1.807, 2.05) is 29.5 Å². The molecule has 7 heteroatoms. The minimum absolute atomic E-state index is 0.184. The smallest absolute Gasteiger partial charge is 0.321 e. The highest BCUT2D eigenvalue weighted by molar-refractivity contribution is 7.09. The van der Waals surface area contributed by atoms with Crippen LogP contribution in [0.4, 0.5) is 4.79 Å². The van der Waals surface area contributed by atoms with Gasteiger partial charge >= 0.3 is 6.03 Å². The number of thiophene rings is 1. The van der Waals surface area contributed by atoms with Crippen LogP contribution in [0.15, 0.2) is 17.5 Å². The molecule has 0 aliphatic carbocycles. The summed E-state index contributed by atoms with van der Waals surface area (Å²) in [6, 6.07) is 3.53. The predicted molar refractivity (Wildman–Crippen MR) is 78.7 cm³/mol. The molecule has 0 saturated heterocycles. The van der Waals surface area contributed by atoms with Crippen LogP contribution in [0.3, 0.4) is 0 Å². The van der Waals surface area contributed by atoms with Crippen molar-refractivity contribution < 1.29 is 14.3 Å². The zero-order valence-corrected chi connectivity index (χ0v) is 12.7. The summed E-state index contributed by atoms with van der Waals surface area (Å²) in [5.74, 6) is -0.312. The van der Waals surface area contributed by atoms with E-state index in [9.17, 15) is 9.59 Å². The average molecular weight is 299 g/mol. The number of nitrogens with zero attached hydrogens (tertiary/aromatic N) is 1. The third kappa shape index (κ3) is 7.22. The van der Waals surface area contributed by atoms with Gasteiger partial charge in [0.2, 0.25) is 5.91 Å². The van der Waals surface area contributed by atoms with Gasteiger partial charge in [-0.3, -0.25) is 15.0 Å². The van der Waals surface area contributed by atoms with E-state index in [-0.39, 0.29) is 12.5 Å². The van der Waals surface area contributed by atoms with Crippen molar-refractivity contribution in [2.75, 3.05) is 33.9 Å². The standard InChI is InChI=1S/C13H21N3O3S/c1-16(9-11-5-3-8-20-11)10-12(17)15-13(18)14-6-4-7-19-2/h3,5,8H,4,6-7,9-10H2,1-2H3,(H2,14,15,17,18). The Kier molecular flexibility index (Phi) is 7.86. The summed E-state index contributed by atoms with van der Waals surface area (Å²) in [6.45, 7) is 1.94. The van der Waals surface area contributed by atoms with Crippen LogP contribution in [0.2, 0.25) is 0 Å². The number of likely N-dealkylation sites (N-methyl/N-ethyl adjacent to an activating group) is 1. The molecular weight excluding hydrogens is 278 g/mol. The number of nitrogens with one attached hydrogen (secondary N) is 2. The molecule has 0 aliphatic heterocycles. The molecule has 0 bridgehead atoms. The van der Waals surface area contributed by atoms with Crippen LogP contribution in [0.1, 0.15) is 11.3 Å². The van der Waals surface area contributed by atoms with E-state index in [4.69, 9.17) is 4.74 Å². The quantitative estimate of drug-likeness (QED) is 0.704. The predicted octanol–water partition coefficient (Wildman–Crippen LogP) is 1.04. The second-order valence-electron chi connectivity index (χ2n) is 4.40. The Morgan fingerprint density at radius 1 is 1.45 bits per heavy atom. The molecule has 1 aromatic rings. The van der Waals surface area contributed by atoms with Crippen LogP contribution in [-0.2, 0) is 16.1 Å². The van der Waals surface area contributed by atoms with E-state index < -0.39 is 6.03 Å². The van der Waals surface area contributed by atoms with E-state index in [0.29, 0.717) is 19.7 Å². The number of carbonyl (C=O) groups is 2. The van der Waals surface area contributed by atoms with Gasteiger partial charge in [0.25, 0.3) is 0 Å². The molecule has 3 amide bonds. The van der Waals surface area contributed by atoms with Crippen molar-refractivity contribution in [1.82, 2.24) is 15.5 Å². The Bertz CT molecular complexity index is 409. The molecule has 1 rings (SSSR count). The van der Waals surface area contributed by atoms with Gasteiger partial charge < -0.3 is 10.1 Å². The van der Waals surface area contributed by atoms with Crippen molar-refractivity contribution in [1.29, 1.82) is 0 Å². The third-order valence-electron chi connectivity index (χ3n) is 2.48. The summed E-state index contributed by atoms with van der Waals surface area (Å²) in [7, 11) is 3.45. The molecule has 0 saturated carbocycles. The van der Waals surface area contributed by atoms with E-state index in [1.165, 1.54) is 4.88 Å². The molecular formula is C13H21N3O3S. The van der Waals surface area contributed by atoms with Crippen molar-refractivity contribution >= 4 is 23.3 Å². The Morgan fingerprint density at radius 3 is 2.90 bits per heavy atom. The van der Waals surface area contributed by atoms with Crippen LogP contribution in [0.5, 0.6) is 0 Å². The first-order valence-electron chi connectivity index (χ1n) is 6.39. The summed E-state index contributed by atoms with van der Waals surface area (Å²) in [5.41, 5.74) is 0. The van der Waals surface area contributed by atoms with E-state index in [1.54, 1.807) is 18.4 Å². The maximum atomic E-state index is 11.6. The van der Waals surface area contributed by atoms with Gasteiger partial charge in [-0.05, 0) is 24.9 Å². The number of imide groups is 1. The lowest BCUT2D eigenvalue weighted by atomic mass is 10.4. The zero-order valence-electron chi connectivity index (χ0n) is 11.8. The molecule has 0 spiro atoms. The summed E-state index contributed by atoms with van der Waals surface area (Å²) in [5, 5.41) is 6.90. The van der Waals surface area contributed by atoms with Gasteiger partial charge in [0.15, 0.2) is 0 Å². The second kappa shape index (κ2) is 9.46. The Hall–Kier alpha value is -1.44. The maximum Gasteiger partial charge on any atom is 0.321 e. The molecule has 0 radical (unpaired) electrons. The largest absolute Gasteiger partial charge is 0.385 e. The van der Waals surface area contributed by atoms with Gasteiger partial charge in [-0.2, -0.15) is 0 Å². The first-order chi connectivity index (χ1) is 9.61. The van der Waals surface area contributed by atoms with Crippen molar-refractivity contribution in [3.8, 4) is 0 Å². The molecule has 0 atom stereocenters. The average Bonchev–Trinajstić information content (AvgIpc) is 2.87. The van der Waals surface area contributed by atoms with E-state index in [2.05, 4.69) is 10.6 Å². The Morgan fingerprint density at radius 2 is 2.25 bits per heavy atom. The lowest BCUT2D eigenvalue weighted by Crippen LogP contribution is -2.44. The first-order valence-corrected chi connectivity index (χ1v) is 7.27. The maximum absolute atomic E-state index is 11.6. The van der Waals surface area contributed by atoms with Crippen molar-refractivity contribution in [3.05, 3.63) is 22.4 Å². The van der Waals surface area contributed by atoms with Crippen LogP contribution >= 0.6 is 11.3 Å². The Labute approximate surface area is 123 Å². The number of urea groups is 1. The topological polar surface area (TPSA) is 70.7 Å².